The number of carbonyl (C=O) groups is 1. The van der Waals surface area contributed by atoms with E-state index in [2.05, 4.69) is 24.7 Å². The Kier molecular flexibility index (Phi) is 8.73. The van der Waals surface area contributed by atoms with E-state index >= 15 is 0 Å². The molecule has 0 aliphatic heterocycles. The number of hydrogen-bond donors (Lipinski definition) is 4. The van der Waals surface area contributed by atoms with Gasteiger partial charge in [-0.1, -0.05) is 24.3 Å². The minimum Gasteiger partial charge on any atom is -0.478 e. The maximum atomic E-state index is 12.9. The lowest BCUT2D eigenvalue weighted by Crippen LogP contribution is -2.26. The molecule has 0 saturated heterocycles. The van der Waals surface area contributed by atoms with E-state index in [-0.39, 0.29) is 16.3 Å². The molecule has 2 aromatic heterocycles. The summed E-state index contributed by atoms with van der Waals surface area (Å²) in [6.07, 6.45) is 6.18. The number of aromatic amines is 1. The van der Waals surface area contributed by atoms with E-state index in [9.17, 15) is 17.6 Å². The molecule has 10 nitrogen and oxygen atoms in total. The van der Waals surface area contributed by atoms with Gasteiger partial charge in [0.05, 0.1) is 16.8 Å². The number of nitrogens with two attached hydrogens (primary N) is 1. The molecule has 35 heavy (non-hydrogen) atoms. The van der Waals surface area contributed by atoms with Crippen molar-refractivity contribution in [2.75, 3.05) is 6.54 Å². The molecule has 4 rings (SSSR count). The third-order valence-corrected chi connectivity index (χ3v) is 6.13. The minimum absolute atomic E-state index is 0.000142. The predicted octanol–water partition coefficient (Wildman–Crippen LogP) is 2.37. The minimum atomic E-state index is -3.49. The second-order valence-corrected chi connectivity index (χ2v) is 8.95. The van der Waals surface area contributed by atoms with Crippen LogP contribution in [0, 0.1) is 5.82 Å². The predicted molar refractivity (Wildman–Crippen MR) is 126 cm³/mol. The van der Waals surface area contributed by atoms with Gasteiger partial charge in [0, 0.05) is 49.4 Å². The lowest BCUT2D eigenvalue weighted by molar-refractivity contribution is 0.0696. The summed E-state index contributed by atoms with van der Waals surface area (Å²) in [6.45, 7) is 0.634. The van der Waals surface area contributed by atoms with E-state index in [0.717, 1.165) is 11.3 Å². The fourth-order valence-corrected chi connectivity index (χ4v) is 3.98. The highest BCUT2D eigenvalue weighted by molar-refractivity contribution is 7.89. The molecule has 0 spiro atoms. The van der Waals surface area contributed by atoms with Gasteiger partial charge in [0.1, 0.15) is 5.82 Å². The average molecular weight is 499 g/mol. The highest BCUT2D eigenvalue weighted by Gasteiger charge is 2.13. The molecule has 12 heteroatoms. The van der Waals surface area contributed by atoms with Crippen LogP contribution in [0.25, 0.3) is 11.4 Å². The molecular weight excluding hydrogens is 475 g/mol. The second-order valence-electron chi connectivity index (χ2n) is 7.19. The third-order valence-electron chi connectivity index (χ3n) is 4.67. The highest BCUT2D eigenvalue weighted by Crippen LogP contribution is 2.15. The Bertz CT molecular complexity index is 1360. The van der Waals surface area contributed by atoms with Gasteiger partial charge in [0.25, 0.3) is 0 Å². The number of benzene rings is 2. The second kappa shape index (κ2) is 11.9. The van der Waals surface area contributed by atoms with Crippen molar-refractivity contribution in [2.45, 2.75) is 17.9 Å². The Labute approximate surface area is 201 Å². The van der Waals surface area contributed by atoms with Gasteiger partial charge in [-0.2, -0.15) is 0 Å². The zero-order chi connectivity index (χ0) is 25.3. The molecular formula is C23H23FN6O4S. The molecule has 0 saturated carbocycles. The van der Waals surface area contributed by atoms with Gasteiger partial charge in [0.2, 0.25) is 10.0 Å². The number of aromatic carboxylic acids is 1. The molecule has 182 valence electrons. The van der Waals surface area contributed by atoms with Crippen LogP contribution in [0.4, 0.5) is 4.39 Å². The number of H-pyrrole nitrogens is 1. The van der Waals surface area contributed by atoms with Crippen LogP contribution >= 0.6 is 0 Å². The number of imidazole rings is 1. The van der Waals surface area contributed by atoms with Crippen molar-refractivity contribution >= 4 is 16.0 Å². The number of hydrogen-bond acceptors (Lipinski definition) is 7. The van der Waals surface area contributed by atoms with Gasteiger partial charge >= 0.3 is 5.97 Å². The van der Waals surface area contributed by atoms with Crippen LogP contribution in [0.5, 0.6) is 0 Å². The molecule has 0 atom stereocenters. The van der Waals surface area contributed by atoms with Crippen LogP contribution in [0.15, 0.2) is 78.3 Å². The highest BCUT2D eigenvalue weighted by atomic mass is 32.2. The largest absolute Gasteiger partial charge is 0.478 e. The molecule has 5 N–H and O–H groups in total. The van der Waals surface area contributed by atoms with E-state index in [4.69, 9.17) is 10.8 Å². The van der Waals surface area contributed by atoms with Crippen molar-refractivity contribution in [2.24, 2.45) is 5.73 Å². The lowest BCUT2D eigenvalue weighted by atomic mass is 10.2. The quantitative estimate of drug-likeness (QED) is 0.288. The molecule has 0 bridgehead atoms. The van der Waals surface area contributed by atoms with E-state index in [1.807, 2.05) is 0 Å². The number of halogens is 1. The van der Waals surface area contributed by atoms with Crippen molar-refractivity contribution in [1.29, 1.82) is 0 Å². The first kappa shape index (κ1) is 25.6. The summed E-state index contributed by atoms with van der Waals surface area (Å²) in [7, 11) is -3.49. The van der Waals surface area contributed by atoms with Crippen LogP contribution in [-0.2, 0) is 23.0 Å². The average Bonchev–Trinajstić information content (AvgIpc) is 3.38. The number of nitrogens with one attached hydrogen (secondary N) is 2. The number of nitrogens with zero attached hydrogens (tertiary/aromatic N) is 3. The molecule has 0 amide bonds. The Morgan fingerprint density at radius 2 is 1.83 bits per heavy atom. The Balaban J connectivity index is 0.000000198. The van der Waals surface area contributed by atoms with Crippen molar-refractivity contribution in [1.82, 2.24) is 24.7 Å². The van der Waals surface area contributed by atoms with Crippen molar-refractivity contribution < 1.29 is 22.7 Å². The SMILES string of the molecule is NCc1cccc(S(=O)(=O)NCCc2cnc[nH]2)c1.O=C(O)c1cnc(-c2cccc(F)c2)nc1. The molecule has 4 aromatic rings. The molecule has 2 aromatic carbocycles. The molecule has 0 unspecified atom stereocenters. The van der Waals surface area contributed by atoms with Crippen molar-refractivity contribution in [3.05, 3.63) is 96.1 Å². The zero-order valence-electron chi connectivity index (χ0n) is 18.4. The number of aromatic nitrogens is 4. The van der Waals surface area contributed by atoms with Gasteiger partial charge in [-0.15, -0.1) is 0 Å². The standard InChI is InChI=1S/C12H16N4O2S.C11H7FN2O2/c13-7-10-2-1-3-12(6-10)19(17,18)16-5-4-11-8-14-9-15-11;12-9-3-1-2-7(4-9)10-13-5-8(6-14-10)11(15)16/h1-3,6,8-9,16H,4-5,7,13H2,(H,14,15);1-6H,(H,15,16). The summed E-state index contributed by atoms with van der Waals surface area (Å²) in [5.41, 5.74) is 7.69. The number of carboxylic acids is 1. The first-order valence-electron chi connectivity index (χ1n) is 10.4. The maximum Gasteiger partial charge on any atom is 0.338 e. The van der Waals surface area contributed by atoms with Crippen molar-refractivity contribution in [3.8, 4) is 11.4 Å². The van der Waals surface area contributed by atoms with Gasteiger partial charge in [-0.3, -0.25) is 0 Å². The van der Waals surface area contributed by atoms with Crippen LogP contribution in [0.1, 0.15) is 21.6 Å². The van der Waals surface area contributed by atoms with Crippen LogP contribution in [0.2, 0.25) is 0 Å². The maximum absolute atomic E-state index is 12.9. The normalized spacial score (nSPS) is 10.9. The molecule has 0 aliphatic rings. The molecule has 0 fully saturated rings. The zero-order valence-corrected chi connectivity index (χ0v) is 19.2. The summed E-state index contributed by atoms with van der Waals surface area (Å²) in [5, 5.41) is 8.65. The Morgan fingerprint density at radius 1 is 1.09 bits per heavy atom. The number of carboxylic acid groups (broad SMARTS) is 1. The summed E-state index contributed by atoms with van der Waals surface area (Å²) in [4.78, 5) is 25.3. The summed E-state index contributed by atoms with van der Waals surface area (Å²) < 4.78 is 39.6. The van der Waals surface area contributed by atoms with Gasteiger partial charge in [-0.05, 0) is 29.8 Å². The van der Waals surface area contributed by atoms with Gasteiger partial charge in [-0.25, -0.2) is 37.3 Å². The number of rotatable bonds is 8. The third kappa shape index (κ3) is 7.50. The topological polar surface area (TPSA) is 164 Å². The molecule has 0 aliphatic carbocycles. The van der Waals surface area contributed by atoms with Crippen LogP contribution < -0.4 is 10.5 Å². The molecule has 0 radical (unpaired) electrons. The van der Waals surface area contributed by atoms with E-state index in [1.54, 1.807) is 48.9 Å². The molecule has 2 heterocycles. The van der Waals surface area contributed by atoms with E-state index in [0.29, 0.717) is 30.9 Å². The fraction of sp³-hybridized carbons (Fsp3) is 0.130. The first-order chi connectivity index (χ1) is 16.8. The van der Waals surface area contributed by atoms with E-state index < -0.39 is 16.0 Å². The van der Waals surface area contributed by atoms with E-state index in [1.165, 1.54) is 24.5 Å². The lowest BCUT2D eigenvalue weighted by Gasteiger charge is -2.07. The number of sulfonamides is 1. The smallest absolute Gasteiger partial charge is 0.338 e. The summed E-state index contributed by atoms with van der Waals surface area (Å²) >= 11 is 0. The van der Waals surface area contributed by atoms with Gasteiger partial charge in [0.15, 0.2) is 5.82 Å². The van der Waals surface area contributed by atoms with Crippen LogP contribution in [-0.4, -0.2) is 46.0 Å². The Hall–Kier alpha value is -4.00. The monoisotopic (exact) mass is 498 g/mol. The fourth-order valence-electron chi connectivity index (χ4n) is 2.88. The summed E-state index contributed by atoms with van der Waals surface area (Å²) in [6, 6.07) is 12.4. The van der Waals surface area contributed by atoms with Gasteiger partial charge < -0.3 is 15.8 Å². The van der Waals surface area contributed by atoms with Crippen LogP contribution in [0.3, 0.4) is 0 Å². The summed E-state index contributed by atoms with van der Waals surface area (Å²) in [5.74, 6) is -1.18. The van der Waals surface area contributed by atoms with Crippen molar-refractivity contribution in [3.63, 3.8) is 0 Å². The Morgan fingerprint density at radius 3 is 2.46 bits per heavy atom. The first-order valence-corrected chi connectivity index (χ1v) is 11.8.